The molecule has 0 spiro atoms. The number of anilines is 1. The van der Waals surface area contributed by atoms with Crippen LogP contribution < -0.4 is 21.0 Å². The molecular formula is C23H32FN4O8P. The van der Waals surface area contributed by atoms with E-state index in [1.165, 1.54) is 31.3 Å². The van der Waals surface area contributed by atoms with Gasteiger partial charge in [-0.1, -0.05) is 25.1 Å². The highest BCUT2D eigenvalue weighted by atomic mass is 31.2. The molecule has 0 radical (unpaired) electrons. The van der Waals surface area contributed by atoms with Crippen molar-refractivity contribution in [2.24, 2.45) is 0 Å². The summed E-state index contributed by atoms with van der Waals surface area (Å²) in [7, 11) is -4.32. The third kappa shape index (κ3) is 6.74. The fourth-order valence-electron chi connectivity index (χ4n) is 3.69. The number of alkyl halides is 1. The van der Waals surface area contributed by atoms with Crippen LogP contribution in [0.4, 0.5) is 10.2 Å². The lowest BCUT2D eigenvalue weighted by molar-refractivity contribution is -0.149. The van der Waals surface area contributed by atoms with Gasteiger partial charge in [-0.3, -0.25) is 13.9 Å². The zero-order valence-electron chi connectivity index (χ0n) is 20.9. The molecule has 0 saturated carbocycles. The number of halogens is 1. The number of nitrogens with two attached hydrogens (primary N) is 1. The first-order valence-electron chi connectivity index (χ1n) is 11.7. The van der Waals surface area contributed by atoms with Gasteiger partial charge in [0, 0.05) is 6.20 Å². The van der Waals surface area contributed by atoms with Gasteiger partial charge in [-0.15, -0.1) is 0 Å². The van der Waals surface area contributed by atoms with Gasteiger partial charge in [-0.05, 0) is 45.4 Å². The van der Waals surface area contributed by atoms with Crippen molar-refractivity contribution < 1.29 is 37.4 Å². The highest BCUT2D eigenvalue weighted by Gasteiger charge is 2.56. The second-order valence-corrected chi connectivity index (χ2v) is 10.6. The minimum Gasteiger partial charge on any atom is -0.462 e. The number of para-hydroxylation sites is 1. The molecule has 1 saturated heterocycles. The van der Waals surface area contributed by atoms with Crippen LogP contribution in [0.3, 0.4) is 0 Å². The number of hydrogen-bond donors (Lipinski definition) is 3. The summed E-state index contributed by atoms with van der Waals surface area (Å²) in [5.41, 5.74) is 2.91. The van der Waals surface area contributed by atoms with Crippen molar-refractivity contribution in [2.75, 3.05) is 12.3 Å². The second-order valence-electron chi connectivity index (χ2n) is 8.87. The lowest BCUT2D eigenvalue weighted by Gasteiger charge is -2.32. The number of carbonyl (C=O) groups is 1. The van der Waals surface area contributed by atoms with Crippen molar-refractivity contribution in [3.8, 4) is 5.75 Å². The Morgan fingerprint density at radius 2 is 2.00 bits per heavy atom. The quantitative estimate of drug-likeness (QED) is 0.282. The average molecular weight is 543 g/mol. The predicted molar refractivity (Wildman–Crippen MR) is 131 cm³/mol. The molecule has 1 aliphatic rings. The Kier molecular flexibility index (Phi) is 9.09. The summed E-state index contributed by atoms with van der Waals surface area (Å²) >= 11 is 0. The third-order valence-electron chi connectivity index (χ3n) is 5.70. The molecule has 14 heteroatoms. The van der Waals surface area contributed by atoms with Crippen LogP contribution in [0.25, 0.3) is 0 Å². The molecule has 0 bridgehead atoms. The topological polar surface area (TPSA) is 164 Å². The number of aliphatic hydroxyl groups is 1. The first-order valence-corrected chi connectivity index (χ1v) is 13.3. The molecule has 1 unspecified atom stereocenters. The van der Waals surface area contributed by atoms with Crippen molar-refractivity contribution in [1.82, 2.24) is 14.6 Å². The van der Waals surface area contributed by atoms with E-state index in [1.807, 2.05) is 0 Å². The summed E-state index contributed by atoms with van der Waals surface area (Å²) in [6.07, 6.45) is -4.55. The lowest BCUT2D eigenvalue weighted by Crippen LogP contribution is -2.46. The molecule has 2 aromatic rings. The van der Waals surface area contributed by atoms with Gasteiger partial charge >= 0.3 is 19.4 Å². The van der Waals surface area contributed by atoms with Crippen LogP contribution in [0.15, 0.2) is 47.4 Å². The molecule has 37 heavy (non-hydrogen) atoms. The Morgan fingerprint density at radius 3 is 2.59 bits per heavy atom. The largest absolute Gasteiger partial charge is 0.462 e. The molecule has 1 aliphatic heterocycles. The Balaban J connectivity index is 1.85. The maximum atomic E-state index is 15.2. The fraction of sp³-hybridized carbons (Fsp3) is 0.522. The maximum absolute atomic E-state index is 15.2. The molecule has 0 aliphatic carbocycles. The number of esters is 1. The van der Waals surface area contributed by atoms with Crippen LogP contribution in [0.2, 0.25) is 0 Å². The van der Waals surface area contributed by atoms with E-state index in [0.717, 1.165) is 4.57 Å². The molecule has 2 heterocycles. The minimum absolute atomic E-state index is 0.0124. The van der Waals surface area contributed by atoms with E-state index in [2.05, 4.69) is 10.1 Å². The molecule has 1 aromatic heterocycles. The average Bonchev–Trinajstić information content (AvgIpc) is 3.08. The van der Waals surface area contributed by atoms with Crippen molar-refractivity contribution in [2.45, 2.75) is 70.4 Å². The van der Waals surface area contributed by atoms with Crippen LogP contribution in [0, 0.1) is 0 Å². The van der Waals surface area contributed by atoms with Gasteiger partial charge < -0.3 is 24.8 Å². The van der Waals surface area contributed by atoms with E-state index in [9.17, 15) is 19.3 Å². The molecule has 204 valence electrons. The highest BCUT2D eigenvalue weighted by Crippen LogP contribution is 2.49. The Hall–Kier alpha value is -2.83. The van der Waals surface area contributed by atoms with Gasteiger partial charge in [0.1, 0.15) is 29.3 Å². The van der Waals surface area contributed by atoms with E-state index >= 15 is 4.39 Å². The summed E-state index contributed by atoms with van der Waals surface area (Å²) in [5.74, 6) is -0.589. The number of rotatable bonds is 11. The Labute approximate surface area is 213 Å². The van der Waals surface area contributed by atoms with Gasteiger partial charge in [0.05, 0.1) is 12.7 Å². The number of ether oxygens (including phenoxy) is 2. The number of carbonyl (C=O) groups excluding carboxylic acids is 1. The SMILES string of the molecule is CC[C@]1(COP(=O)(N[C@@H](C)C(=O)OC(C)C)Oc2ccccc2)O[C@@H](n2ccc(N)nc2=O)[C@@H](F)[C@@H]1O. The normalized spacial score (nSPS) is 26.0. The first-order chi connectivity index (χ1) is 17.4. The highest BCUT2D eigenvalue weighted by molar-refractivity contribution is 7.52. The van der Waals surface area contributed by atoms with Gasteiger partial charge in [-0.25, -0.2) is 13.8 Å². The summed E-state index contributed by atoms with van der Waals surface area (Å²) in [6, 6.07) is 8.24. The number of aliphatic hydroxyl groups excluding tert-OH is 1. The minimum atomic E-state index is -4.32. The summed E-state index contributed by atoms with van der Waals surface area (Å²) in [4.78, 5) is 28.2. The number of hydrogen-bond acceptors (Lipinski definition) is 10. The number of nitrogens with one attached hydrogen (secondary N) is 1. The fourth-order valence-corrected chi connectivity index (χ4v) is 5.24. The molecule has 12 nitrogen and oxygen atoms in total. The van der Waals surface area contributed by atoms with Crippen molar-refractivity contribution in [1.29, 1.82) is 0 Å². The van der Waals surface area contributed by atoms with Crippen LogP contribution >= 0.6 is 7.75 Å². The number of nitrogens with zero attached hydrogens (tertiary/aromatic N) is 2. The third-order valence-corrected chi connectivity index (χ3v) is 7.32. The molecule has 1 aromatic carbocycles. The van der Waals surface area contributed by atoms with E-state index in [-0.39, 0.29) is 18.0 Å². The lowest BCUT2D eigenvalue weighted by atomic mass is 9.94. The van der Waals surface area contributed by atoms with E-state index in [1.54, 1.807) is 39.0 Å². The summed E-state index contributed by atoms with van der Waals surface area (Å²) in [6.45, 7) is 5.74. The van der Waals surface area contributed by atoms with Crippen LogP contribution in [-0.4, -0.2) is 57.3 Å². The van der Waals surface area contributed by atoms with E-state index < -0.39 is 62.3 Å². The van der Waals surface area contributed by atoms with Gasteiger partial charge in [0.15, 0.2) is 12.4 Å². The number of benzene rings is 1. The summed E-state index contributed by atoms with van der Waals surface area (Å²) < 4.78 is 52.0. The van der Waals surface area contributed by atoms with Gasteiger partial charge in [0.2, 0.25) is 0 Å². The molecular weight excluding hydrogens is 510 g/mol. The predicted octanol–water partition coefficient (Wildman–Crippen LogP) is 2.34. The number of nitrogen functional groups attached to an aromatic ring is 1. The van der Waals surface area contributed by atoms with Gasteiger partial charge in [0.25, 0.3) is 0 Å². The summed E-state index contributed by atoms with van der Waals surface area (Å²) in [5, 5.41) is 13.3. The standard InChI is InChI=1S/C23H32FN4O8P/c1-5-23(19(29)18(24)20(35-23)28-12-11-17(25)26-22(28)31)13-33-37(32,36-16-9-7-6-8-10-16)27-15(4)21(30)34-14(2)3/h6-12,14-15,18-20,29H,5,13H2,1-4H3,(H,27,32)(H2,25,26,31)/t15-,18-,19-,20+,23+,37?/m0/s1. The van der Waals surface area contributed by atoms with Crippen molar-refractivity contribution in [3.05, 3.63) is 53.1 Å². The number of aromatic nitrogens is 2. The van der Waals surface area contributed by atoms with Crippen molar-refractivity contribution >= 4 is 19.5 Å². The van der Waals surface area contributed by atoms with Crippen molar-refractivity contribution in [3.63, 3.8) is 0 Å². The Bertz CT molecular complexity index is 1180. The van der Waals surface area contributed by atoms with Crippen LogP contribution in [0.5, 0.6) is 5.75 Å². The van der Waals surface area contributed by atoms with Gasteiger partial charge in [-0.2, -0.15) is 10.1 Å². The van der Waals surface area contributed by atoms with E-state index in [4.69, 9.17) is 24.3 Å². The zero-order chi connectivity index (χ0) is 27.4. The second kappa shape index (κ2) is 11.7. The van der Waals surface area contributed by atoms with E-state index in [0.29, 0.717) is 0 Å². The molecule has 1 fully saturated rings. The molecule has 3 rings (SSSR count). The molecule has 4 N–H and O–H groups in total. The molecule has 6 atom stereocenters. The van der Waals surface area contributed by atoms with Crippen LogP contribution in [0.1, 0.15) is 40.3 Å². The molecule has 0 amide bonds. The monoisotopic (exact) mass is 542 g/mol. The Morgan fingerprint density at radius 1 is 1.32 bits per heavy atom. The van der Waals surface area contributed by atoms with Crippen LogP contribution in [-0.2, 0) is 23.4 Å². The zero-order valence-corrected chi connectivity index (χ0v) is 21.8. The smallest absolute Gasteiger partial charge is 0.459 e. The first kappa shape index (κ1) is 28.7. The maximum Gasteiger partial charge on any atom is 0.459 e.